The van der Waals surface area contributed by atoms with Crippen LogP contribution in [0, 0.1) is 5.92 Å². The summed E-state index contributed by atoms with van der Waals surface area (Å²) in [6.07, 6.45) is 2.51. The van der Waals surface area contributed by atoms with Crippen LogP contribution in [-0.2, 0) is 14.8 Å². The van der Waals surface area contributed by atoms with Crippen LogP contribution in [0.1, 0.15) is 43.5 Å². The van der Waals surface area contributed by atoms with E-state index < -0.39 is 10.0 Å². The Labute approximate surface area is 240 Å². The van der Waals surface area contributed by atoms with E-state index in [1.165, 1.54) is 11.3 Å². The Morgan fingerprint density at radius 3 is 2.52 bits per heavy atom. The molecule has 0 spiro atoms. The monoisotopic (exact) mass is 586 g/mol. The van der Waals surface area contributed by atoms with Gasteiger partial charge < -0.3 is 9.47 Å². The van der Waals surface area contributed by atoms with Crippen LogP contribution in [0.3, 0.4) is 0 Å². The molecule has 40 heavy (non-hydrogen) atoms. The molecule has 1 aromatic heterocycles. The van der Waals surface area contributed by atoms with Gasteiger partial charge in [0.1, 0.15) is 5.75 Å². The minimum Gasteiger partial charge on any atom is -0.494 e. The van der Waals surface area contributed by atoms with E-state index in [4.69, 9.17) is 14.5 Å². The van der Waals surface area contributed by atoms with Gasteiger partial charge in [-0.1, -0.05) is 18.3 Å². The summed E-state index contributed by atoms with van der Waals surface area (Å²) in [4.78, 5) is 22.9. The van der Waals surface area contributed by atoms with Crippen molar-refractivity contribution in [2.45, 2.75) is 38.0 Å². The van der Waals surface area contributed by atoms with Crippen LogP contribution in [-0.4, -0.2) is 87.6 Å². The third-order valence-electron chi connectivity index (χ3n) is 7.58. The fourth-order valence-corrected chi connectivity index (χ4v) is 7.61. The lowest BCUT2D eigenvalue weighted by molar-refractivity contribution is 0.0376. The first-order chi connectivity index (χ1) is 19.3. The summed E-state index contributed by atoms with van der Waals surface area (Å²) < 4.78 is 40.0. The van der Waals surface area contributed by atoms with Gasteiger partial charge in [0.25, 0.3) is 5.91 Å². The number of thiazole rings is 1. The van der Waals surface area contributed by atoms with Crippen molar-refractivity contribution in [3.63, 3.8) is 0 Å². The number of rotatable bonds is 10. The number of fused-ring (bicyclic) bond motifs is 1. The molecule has 5 rings (SSSR count). The van der Waals surface area contributed by atoms with E-state index in [1.54, 1.807) is 33.5 Å². The quantitative estimate of drug-likeness (QED) is 0.346. The Bertz CT molecular complexity index is 1400. The number of aromatic nitrogens is 1. The van der Waals surface area contributed by atoms with Crippen LogP contribution in [0.25, 0.3) is 10.2 Å². The summed E-state index contributed by atoms with van der Waals surface area (Å²) in [5, 5.41) is 0.620. The number of sulfonamides is 1. The molecule has 0 aliphatic carbocycles. The Morgan fingerprint density at radius 1 is 1.10 bits per heavy atom. The number of morpholine rings is 1. The molecule has 3 heterocycles. The molecule has 2 aromatic carbocycles. The molecular formula is C29H38N4O5S2. The molecule has 0 bridgehead atoms. The van der Waals surface area contributed by atoms with E-state index in [-0.39, 0.29) is 10.8 Å². The summed E-state index contributed by atoms with van der Waals surface area (Å²) in [5.74, 6) is 1.12. The molecule has 3 aromatic rings. The number of hydrogen-bond acceptors (Lipinski definition) is 8. The minimum absolute atomic E-state index is 0.193. The summed E-state index contributed by atoms with van der Waals surface area (Å²) in [7, 11) is -3.58. The average Bonchev–Trinajstić information content (AvgIpc) is 3.39. The van der Waals surface area contributed by atoms with Gasteiger partial charge in [0, 0.05) is 44.8 Å². The highest BCUT2D eigenvalue weighted by Gasteiger charge is 2.29. The Balaban J connectivity index is 1.36. The number of nitrogens with zero attached hydrogens (tertiary/aromatic N) is 4. The van der Waals surface area contributed by atoms with E-state index in [2.05, 4.69) is 11.8 Å². The smallest absolute Gasteiger partial charge is 0.260 e. The molecule has 0 atom stereocenters. The maximum atomic E-state index is 13.8. The fourth-order valence-electron chi connectivity index (χ4n) is 5.13. The Morgan fingerprint density at radius 2 is 1.82 bits per heavy atom. The molecule has 2 aliphatic rings. The van der Waals surface area contributed by atoms with Gasteiger partial charge in [0.15, 0.2) is 5.13 Å². The number of carbonyl (C=O) groups excluding carboxylic acids is 1. The predicted octanol–water partition coefficient (Wildman–Crippen LogP) is 4.48. The van der Waals surface area contributed by atoms with Gasteiger partial charge >= 0.3 is 0 Å². The second-order valence-electron chi connectivity index (χ2n) is 10.4. The number of carbonyl (C=O) groups is 1. The fraction of sp³-hybridized carbons (Fsp3) is 0.517. The van der Waals surface area contributed by atoms with Gasteiger partial charge in [-0.05, 0) is 74.6 Å². The molecule has 216 valence electrons. The molecule has 1 amide bonds. The molecule has 0 radical (unpaired) electrons. The number of hydrogen-bond donors (Lipinski definition) is 0. The highest BCUT2D eigenvalue weighted by Crippen LogP contribution is 2.33. The molecular weight excluding hydrogens is 548 g/mol. The largest absolute Gasteiger partial charge is 0.494 e. The number of amides is 1. The highest BCUT2D eigenvalue weighted by atomic mass is 32.2. The van der Waals surface area contributed by atoms with Crippen molar-refractivity contribution in [2.24, 2.45) is 5.92 Å². The normalized spacial score (nSPS) is 17.8. The standard InChI is InChI=1S/C29H38N4O5S2/c1-3-38-24-7-10-26-27(21-24)39-29(30-26)33(14-4-13-31-17-19-37-20-18-31)28(34)23-5-8-25(9-6-23)40(35,36)32-15-11-22(2)12-16-32/h5-10,21-22H,3-4,11-20H2,1-2H3. The van der Waals surface area contributed by atoms with Crippen molar-refractivity contribution in [3.05, 3.63) is 48.0 Å². The van der Waals surface area contributed by atoms with E-state index in [1.807, 2.05) is 25.1 Å². The van der Waals surface area contributed by atoms with Crippen molar-refractivity contribution >= 4 is 42.6 Å². The van der Waals surface area contributed by atoms with Crippen molar-refractivity contribution in [1.29, 1.82) is 0 Å². The molecule has 2 saturated heterocycles. The SMILES string of the molecule is CCOc1ccc2nc(N(CCCN3CCOCC3)C(=O)c3ccc(S(=O)(=O)N4CCC(C)CC4)cc3)sc2c1. The van der Waals surface area contributed by atoms with Gasteiger partial charge in [-0.2, -0.15) is 4.31 Å². The number of piperidine rings is 1. The van der Waals surface area contributed by atoms with Crippen LogP contribution in [0.4, 0.5) is 5.13 Å². The lowest BCUT2D eigenvalue weighted by Gasteiger charge is -2.29. The third-order valence-corrected chi connectivity index (χ3v) is 10.5. The number of ether oxygens (including phenoxy) is 2. The van der Waals surface area contributed by atoms with Gasteiger partial charge in [-0.15, -0.1) is 0 Å². The van der Waals surface area contributed by atoms with Crippen molar-refractivity contribution in [1.82, 2.24) is 14.2 Å². The first-order valence-corrected chi connectivity index (χ1v) is 16.4. The van der Waals surface area contributed by atoms with Crippen LogP contribution in [0.15, 0.2) is 47.4 Å². The first-order valence-electron chi connectivity index (χ1n) is 14.1. The summed E-state index contributed by atoms with van der Waals surface area (Å²) in [6, 6.07) is 12.1. The maximum absolute atomic E-state index is 13.8. The van der Waals surface area contributed by atoms with Crippen molar-refractivity contribution in [2.75, 3.05) is 64.0 Å². The van der Waals surface area contributed by atoms with Crippen molar-refractivity contribution in [3.8, 4) is 5.75 Å². The number of benzene rings is 2. The minimum atomic E-state index is -3.58. The van der Waals surface area contributed by atoms with E-state index in [0.29, 0.717) is 42.9 Å². The van der Waals surface area contributed by atoms with Gasteiger partial charge in [-0.25, -0.2) is 13.4 Å². The van der Waals surface area contributed by atoms with Gasteiger partial charge in [-0.3, -0.25) is 14.6 Å². The Kier molecular flexibility index (Phi) is 9.37. The first kappa shape index (κ1) is 28.9. The predicted molar refractivity (Wildman–Crippen MR) is 158 cm³/mol. The lowest BCUT2D eigenvalue weighted by Crippen LogP contribution is -2.39. The maximum Gasteiger partial charge on any atom is 0.260 e. The Hall–Kier alpha value is -2.57. The molecule has 2 fully saturated rings. The van der Waals surface area contributed by atoms with Crippen LogP contribution in [0.2, 0.25) is 0 Å². The van der Waals surface area contributed by atoms with E-state index in [0.717, 1.165) is 68.1 Å². The summed E-state index contributed by atoms with van der Waals surface area (Å²) in [5.41, 5.74) is 1.25. The molecule has 0 unspecified atom stereocenters. The lowest BCUT2D eigenvalue weighted by atomic mass is 10.0. The van der Waals surface area contributed by atoms with Crippen LogP contribution >= 0.6 is 11.3 Å². The average molecular weight is 587 g/mol. The number of anilines is 1. The van der Waals surface area contributed by atoms with Gasteiger partial charge in [0.05, 0.1) is 34.9 Å². The van der Waals surface area contributed by atoms with Gasteiger partial charge in [0.2, 0.25) is 10.0 Å². The second kappa shape index (κ2) is 12.9. The van der Waals surface area contributed by atoms with E-state index in [9.17, 15) is 13.2 Å². The van der Waals surface area contributed by atoms with E-state index >= 15 is 0 Å². The van der Waals surface area contributed by atoms with Crippen LogP contribution < -0.4 is 9.64 Å². The third kappa shape index (κ3) is 6.66. The van der Waals surface area contributed by atoms with Crippen LogP contribution in [0.5, 0.6) is 5.75 Å². The zero-order valence-corrected chi connectivity index (χ0v) is 24.9. The molecule has 2 aliphatic heterocycles. The zero-order chi connectivity index (χ0) is 28.1. The zero-order valence-electron chi connectivity index (χ0n) is 23.3. The van der Waals surface area contributed by atoms with Crippen molar-refractivity contribution < 1.29 is 22.7 Å². The molecule has 0 N–H and O–H groups in total. The molecule has 9 nitrogen and oxygen atoms in total. The molecule has 11 heteroatoms. The summed E-state index contributed by atoms with van der Waals surface area (Å²) >= 11 is 1.46. The molecule has 0 saturated carbocycles. The highest BCUT2D eigenvalue weighted by molar-refractivity contribution is 7.89. The summed E-state index contributed by atoms with van der Waals surface area (Å²) in [6.45, 7) is 10.3. The topological polar surface area (TPSA) is 92.3 Å². The second-order valence-corrected chi connectivity index (χ2v) is 13.4.